The van der Waals surface area contributed by atoms with Gasteiger partial charge in [-0.3, -0.25) is 14.2 Å². The molecular weight excluding hydrogens is 354 g/mol. The molecule has 0 bridgehead atoms. The second-order valence-electron chi connectivity index (χ2n) is 6.65. The SMILES string of the molecule is CC(=O)Nc1ccc(-n2cnc(C(=O)N[C@@H](C)CCc3ccccc3)c2)nc1. The van der Waals surface area contributed by atoms with Crippen LogP contribution in [0.15, 0.2) is 61.2 Å². The van der Waals surface area contributed by atoms with E-state index in [1.807, 2.05) is 25.1 Å². The molecule has 0 aliphatic heterocycles. The van der Waals surface area contributed by atoms with Crippen LogP contribution >= 0.6 is 0 Å². The van der Waals surface area contributed by atoms with Crippen LogP contribution in [0.4, 0.5) is 5.69 Å². The highest BCUT2D eigenvalue weighted by Crippen LogP contribution is 2.11. The molecule has 2 heterocycles. The highest BCUT2D eigenvalue weighted by molar-refractivity contribution is 5.92. The van der Waals surface area contributed by atoms with E-state index >= 15 is 0 Å². The third-order valence-corrected chi connectivity index (χ3v) is 4.23. The van der Waals surface area contributed by atoms with Gasteiger partial charge in [0.25, 0.3) is 5.91 Å². The first-order chi connectivity index (χ1) is 13.5. The molecule has 2 N–H and O–H groups in total. The fourth-order valence-electron chi connectivity index (χ4n) is 2.78. The van der Waals surface area contributed by atoms with Crippen LogP contribution in [0.1, 0.15) is 36.3 Å². The van der Waals surface area contributed by atoms with Crippen LogP contribution < -0.4 is 10.6 Å². The molecule has 1 atom stereocenters. The number of amides is 2. The molecule has 7 nitrogen and oxygen atoms in total. The minimum absolute atomic E-state index is 0.0351. The summed E-state index contributed by atoms with van der Waals surface area (Å²) in [6, 6.07) is 13.7. The van der Waals surface area contributed by atoms with Gasteiger partial charge in [0.15, 0.2) is 0 Å². The molecule has 28 heavy (non-hydrogen) atoms. The van der Waals surface area contributed by atoms with Gasteiger partial charge in [0.1, 0.15) is 17.8 Å². The molecule has 7 heteroatoms. The summed E-state index contributed by atoms with van der Waals surface area (Å²) < 4.78 is 1.67. The highest BCUT2D eigenvalue weighted by atomic mass is 16.2. The zero-order chi connectivity index (χ0) is 19.9. The molecule has 0 unspecified atom stereocenters. The van der Waals surface area contributed by atoms with Crippen molar-refractivity contribution in [2.75, 3.05) is 5.32 Å². The number of hydrogen-bond donors (Lipinski definition) is 2. The van der Waals surface area contributed by atoms with Crippen LogP contribution in [0, 0.1) is 0 Å². The van der Waals surface area contributed by atoms with Gasteiger partial charge in [-0.2, -0.15) is 0 Å². The first-order valence-electron chi connectivity index (χ1n) is 9.14. The van der Waals surface area contributed by atoms with Crippen LogP contribution in [-0.2, 0) is 11.2 Å². The molecule has 144 valence electrons. The average Bonchev–Trinajstić information content (AvgIpc) is 3.18. The maximum atomic E-state index is 12.4. The van der Waals surface area contributed by atoms with E-state index in [2.05, 4.69) is 32.7 Å². The van der Waals surface area contributed by atoms with E-state index < -0.39 is 0 Å². The number of imidazole rings is 1. The number of nitrogens with one attached hydrogen (secondary N) is 2. The van der Waals surface area contributed by atoms with Crippen LogP contribution in [0.5, 0.6) is 0 Å². The monoisotopic (exact) mass is 377 g/mol. The number of hydrogen-bond acceptors (Lipinski definition) is 4. The standard InChI is InChI=1S/C21H23N5O2/c1-15(8-9-17-6-4-3-5-7-17)24-21(28)19-13-26(14-23-19)20-11-10-18(12-22-20)25-16(2)27/h3-7,10-15H,8-9H2,1-2H3,(H,24,28)(H,25,27)/t15-/m0/s1. The van der Waals surface area contributed by atoms with Crippen molar-refractivity contribution in [3.63, 3.8) is 0 Å². The first-order valence-corrected chi connectivity index (χ1v) is 9.14. The molecule has 0 saturated carbocycles. The van der Waals surface area contributed by atoms with E-state index in [1.165, 1.54) is 12.5 Å². The number of anilines is 1. The maximum Gasteiger partial charge on any atom is 0.271 e. The van der Waals surface area contributed by atoms with Crippen molar-refractivity contribution >= 4 is 17.5 Å². The van der Waals surface area contributed by atoms with Crippen LogP contribution in [0.3, 0.4) is 0 Å². The Morgan fingerprint density at radius 3 is 2.57 bits per heavy atom. The van der Waals surface area contributed by atoms with Gasteiger partial charge in [0.05, 0.1) is 11.9 Å². The van der Waals surface area contributed by atoms with Crippen molar-refractivity contribution in [1.29, 1.82) is 0 Å². The fraction of sp³-hybridized carbons (Fsp3) is 0.238. The molecule has 2 amide bonds. The number of carbonyl (C=O) groups excluding carboxylic acids is 2. The van der Waals surface area contributed by atoms with E-state index in [0.717, 1.165) is 12.8 Å². The topological polar surface area (TPSA) is 88.9 Å². The number of pyridine rings is 1. The van der Waals surface area contributed by atoms with E-state index in [1.54, 1.807) is 35.4 Å². The number of benzene rings is 1. The van der Waals surface area contributed by atoms with E-state index in [0.29, 0.717) is 17.2 Å². The largest absolute Gasteiger partial charge is 0.348 e. The number of rotatable bonds is 7. The van der Waals surface area contributed by atoms with Crippen LogP contribution in [0.2, 0.25) is 0 Å². The van der Waals surface area contributed by atoms with Crippen molar-refractivity contribution in [3.8, 4) is 5.82 Å². The Morgan fingerprint density at radius 1 is 1.11 bits per heavy atom. The van der Waals surface area contributed by atoms with E-state index in [4.69, 9.17) is 0 Å². The Labute approximate surface area is 163 Å². The molecule has 0 aliphatic rings. The quantitative estimate of drug-likeness (QED) is 0.662. The lowest BCUT2D eigenvalue weighted by Gasteiger charge is -2.12. The summed E-state index contributed by atoms with van der Waals surface area (Å²) >= 11 is 0. The summed E-state index contributed by atoms with van der Waals surface area (Å²) in [5.41, 5.74) is 2.20. The van der Waals surface area contributed by atoms with E-state index in [-0.39, 0.29) is 17.9 Å². The Bertz CT molecular complexity index is 935. The normalized spacial score (nSPS) is 11.6. The van der Waals surface area contributed by atoms with Crippen molar-refractivity contribution in [2.45, 2.75) is 32.7 Å². The number of aromatic nitrogens is 3. The van der Waals surface area contributed by atoms with Crippen molar-refractivity contribution in [2.24, 2.45) is 0 Å². The number of nitrogens with zero attached hydrogens (tertiary/aromatic N) is 3. The number of aryl methyl sites for hydroxylation is 1. The van der Waals surface area contributed by atoms with Crippen LogP contribution in [0.25, 0.3) is 5.82 Å². The summed E-state index contributed by atoms with van der Waals surface area (Å²) in [6.45, 7) is 3.43. The average molecular weight is 377 g/mol. The lowest BCUT2D eigenvalue weighted by molar-refractivity contribution is -0.114. The molecule has 0 saturated heterocycles. The predicted octanol–water partition coefficient (Wildman–Crippen LogP) is 2.98. The first kappa shape index (κ1) is 19.3. The van der Waals surface area contributed by atoms with Crippen molar-refractivity contribution < 1.29 is 9.59 Å². The predicted molar refractivity (Wildman–Crippen MR) is 107 cm³/mol. The third-order valence-electron chi connectivity index (χ3n) is 4.23. The van der Waals surface area contributed by atoms with Crippen molar-refractivity contribution in [1.82, 2.24) is 19.9 Å². The lowest BCUT2D eigenvalue weighted by Crippen LogP contribution is -2.33. The minimum Gasteiger partial charge on any atom is -0.348 e. The number of carbonyl (C=O) groups is 2. The Balaban J connectivity index is 1.56. The van der Waals surface area contributed by atoms with E-state index in [9.17, 15) is 9.59 Å². The summed E-state index contributed by atoms with van der Waals surface area (Å²) in [7, 11) is 0. The lowest BCUT2D eigenvalue weighted by atomic mass is 10.1. The molecule has 1 aromatic carbocycles. The maximum absolute atomic E-state index is 12.4. The Kier molecular flexibility index (Phi) is 6.16. The smallest absolute Gasteiger partial charge is 0.271 e. The summed E-state index contributed by atoms with van der Waals surface area (Å²) in [6.07, 6.45) is 6.50. The molecule has 3 aromatic rings. The summed E-state index contributed by atoms with van der Waals surface area (Å²) in [4.78, 5) is 31.9. The van der Waals surface area contributed by atoms with Crippen molar-refractivity contribution in [3.05, 3.63) is 72.4 Å². The second-order valence-corrected chi connectivity index (χ2v) is 6.65. The van der Waals surface area contributed by atoms with Gasteiger partial charge < -0.3 is 10.6 Å². The van der Waals surface area contributed by atoms with Gasteiger partial charge in [0.2, 0.25) is 5.91 Å². The molecule has 3 rings (SSSR count). The molecule has 2 aromatic heterocycles. The molecule has 0 radical (unpaired) electrons. The summed E-state index contributed by atoms with van der Waals surface area (Å²) in [5, 5.41) is 5.64. The zero-order valence-corrected chi connectivity index (χ0v) is 15.9. The van der Waals surface area contributed by atoms with Gasteiger partial charge >= 0.3 is 0 Å². The molecule has 0 fully saturated rings. The Hall–Kier alpha value is -3.48. The van der Waals surface area contributed by atoms with Gasteiger partial charge in [-0.25, -0.2) is 9.97 Å². The minimum atomic E-state index is -0.214. The van der Waals surface area contributed by atoms with Crippen LogP contribution in [-0.4, -0.2) is 32.4 Å². The zero-order valence-electron chi connectivity index (χ0n) is 15.9. The Morgan fingerprint density at radius 2 is 1.89 bits per heavy atom. The fourth-order valence-corrected chi connectivity index (χ4v) is 2.78. The molecular formula is C21H23N5O2. The highest BCUT2D eigenvalue weighted by Gasteiger charge is 2.13. The summed E-state index contributed by atoms with van der Waals surface area (Å²) in [5.74, 6) is 0.240. The van der Waals surface area contributed by atoms with Gasteiger partial charge in [0, 0.05) is 19.2 Å². The third kappa shape index (κ3) is 5.26. The molecule has 0 aliphatic carbocycles. The van der Waals surface area contributed by atoms with Gasteiger partial charge in [-0.05, 0) is 37.5 Å². The molecule has 0 spiro atoms. The second kappa shape index (κ2) is 8.94. The van der Waals surface area contributed by atoms with Gasteiger partial charge in [-0.1, -0.05) is 30.3 Å². The van der Waals surface area contributed by atoms with Gasteiger partial charge in [-0.15, -0.1) is 0 Å².